The lowest BCUT2D eigenvalue weighted by Crippen LogP contribution is -2.19. The molecule has 1 aliphatic heterocycles. The third-order valence-electron chi connectivity index (χ3n) is 3.21. The summed E-state index contributed by atoms with van der Waals surface area (Å²) in [7, 11) is 0. The van der Waals surface area contributed by atoms with Crippen LogP contribution in [0.25, 0.3) is 4.85 Å². The zero-order chi connectivity index (χ0) is 15.2. The first-order valence-electron chi connectivity index (χ1n) is 6.56. The number of nitrogens with one attached hydrogen (secondary N) is 1. The highest BCUT2D eigenvalue weighted by Crippen LogP contribution is 2.23. The summed E-state index contributed by atoms with van der Waals surface area (Å²) in [5, 5.41) is 12.3. The Kier molecular flexibility index (Phi) is 4.48. The molecule has 1 aliphatic rings. The number of hydrogen-bond acceptors (Lipinski definition) is 4. The standard InChI is InChI=1S/C16H15N5/c1-11-8-12(2)16(19-10-11)13-4-6-14(7-5-13)20-21-15(9-17)18-3/h4-7,12,20H,1,8,10H2,2H3/b21-15+/t12-/m1/s1. The quantitative estimate of drug-likeness (QED) is 0.303. The van der Waals surface area contributed by atoms with Gasteiger partial charge >= 0.3 is 5.84 Å². The summed E-state index contributed by atoms with van der Waals surface area (Å²) < 4.78 is 0. The highest BCUT2D eigenvalue weighted by Gasteiger charge is 2.18. The van der Waals surface area contributed by atoms with Gasteiger partial charge in [-0.15, -0.1) is 0 Å². The Labute approximate surface area is 124 Å². The van der Waals surface area contributed by atoms with E-state index in [1.54, 1.807) is 6.07 Å². The minimum Gasteiger partial charge on any atom is -0.350 e. The van der Waals surface area contributed by atoms with Gasteiger partial charge in [-0.3, -0.25) is 4.99 Å². The molecule has 0 spiro atoms. The van der Waals surface area contributed by atoms with Crippen molar-refractivity contribution in [1.29, 1.82) is 5.26 Å². The van der Waals surface area contributed by atoms with Crippen LogP contribution < -0.4 is 5.43 Å². The molecule has 0 unspecified atom stereocenters. The van der Waals surface area contributed by atoms with Crippen molar-refractivity contribution >= 4 is 17.2 Å². The number of aliphatic imine (C=N–C) groups is 1. The van der Waals surface area contributed by atoms with Gasteiger partial charge in [-0.05, 0) is 29.2 Å². The van der Waals surface area contributed by atoms with E-state index in [-0.39, 0.29) is 5.84 Å². The molecule has 1 atom stereocenters. The van der Waals surface area contributed by atoms with Gasteiger partial charge in [-0.1, -0.05) is 37.8 Å². The summed E-state index contributed by atoms with van der Waals surface area (Å²) in [6.45, 7) is 13.6. The monoisotopic (exact) mass is 277 g/mol. The van der Waals surface area contributed by atoms with Crippen LogP contribution in [0.15, 0.2) is 46.5 Å². The lowest BCUT2D eigenvalue weighted by molar-refractivity contribution is 0.717. The number of amidine groups is 1. The molecule has 0 fully saturated rings. The Balaban J connectivity index is 2.13. The lowest BCUT2D eigenvalue weighted by Gasteiger charge is -2.21. The molecule has 2 rings (SSSR count). The van der Waals surface area contributed by atoms with Crippen molar-refractivity contribution in [2.75, 3.05) is 12.0 Å². The van der Waals surface area contributed by atoms with Gasteiger partial charge in [0, 0.05) is 11.6 Å². The third-order valence-corrected chi connectivity index (χ3v) is 3.21. The molecule has 21 heavy (non-hydrogen) atoms. The predicted octanol–water partition coefficient (Wildman–Crippen LogP) is 3.24. The molecule has 0 aromatic heterocycles. The predicted molar refractivity (Wildman–Crippen MR) is 84.0 cm³/mol. The van der Waals surface area contributed by atoms with E-state index in [1.807, 2.05) is 24.3 Å². The Bertz CT molecular complexity index is 667. The average Bonchev–Trinajstić information content (AvgIpc) is 2.49. The highest BCUT2D eigenvalue weighted by molar-refractivity contribution is 6.04. The summed E-state index contributed by atoms with van der Waals surface area (Å²) in [6, 6.07) is 9.34. The molecular formula is C16H15N5. The van der Waals surface area contributed by atoms with Crippen LogP contribution in [-0.4, -0.2) is 18.1 Å². The smallest absolute Gasteiger partial charge is 0.350 e. The van der Waals surface area contributed by atoms with Gasteiger partial charge in [-0.25, -0.2) is 10.7 Å². The van der Waals surface area contributed by atoms with Crippen molar-refractivity contribution in [2.24, 2.45) is 16.0 Å². The van der Waals surface area contributed by atoms with Gasteiger partial charge in [0.2, 0.25) is 0 Å². The number of hydrazone groups is 1. The first-order valence-corrected chi connectivity index (χ1v) is 6.56. The minimum absolute atomic E-state index is 0.220. The molecule has 1 aromatic carbocycles. The van der Waals surface area contributed by atoms with Gasteiger partial charge in [-0.2, -0.15) is 0 Å². The fraction of sp³-hybridized carbons (Fsp3) is 0.250. The molecule has 5 nitrogen and oxygen atoms in total. The lowest BCUT2D eigenvalue weighted by atomic mass is 9.90. The van der Waals surface area contributed by atoms with Crippen molar-refractivity contribution in [1.82, 2.24) is 0 Å². The Morgan fingerprint density at radius 2 is 2.24 bits per heavy atom. The Morgan fingerprint density at radius 1 is 1.52 bits per heavy atom. The minimum atomic E-state index is -0.220. The van der Waals surface area contributed by atoms with Gasteiger partial charge in [0.25, 0.3) is 0 Å². The fourth-order valence-corrected chi connectivity index (χ4v) is 2.23. The molecule has 0 saturated carbocycles. The van der Waals surface area contributed by atoms with E-state index in [4.69, 9.17) is 11.8 Å². The van der Waals surface area contributed by atoms with Crippen LogP contribution in [0.3, 0.4) is 0 Å². The molecule has 0 bridgehead atoms. The Morgan fingerprint density at radius 3 is 2.81 bits per heavy atom. The van der Waals surface area contributed by atoms with Gasteiger partial charge in [0.1, 0.15) is 6.07 Å². The molecule has 0 amide bonds. The maximum absolute atomic E-state index is 8.61. The molecule has 104 valence electrons. The van der Waals surface area contributed by atoms with Crippen LogP contribution in [0, 0.1) is 23.8 Å². The molecular weight excluding hydrogens is 262 g/mol. The van der Waals surface area contributed by atoms with Crippen LogP contribution in [-0.2, 0) is 0 Å². The molecule has 1 N–H and O–H groups in total. The number of hydrogen-bond donors (Lipinski definition) is 1. The van der Waals surface area contributed by atoms with E-state index < -0.39 is 0 Å². The van der Waals surface area contributed by atoms with Crippen molar-refractivity contribution in [3.8, 4) is 6.07 Å². The highest BCUT2D eigenvalue weighted by atomic mass is 15.3. The largest absolute Gasteiger partial charge is 0.371 e. The van der Waals surface area contributed by atoms with Crippen LogP contribution in [0.1, 0.15) is 18.9 Å². The molecule has 1 heterocycles. The number of rotatable bonds is 3. The number of benzene rings is 1. The third kappa shape index (κ3) is 3.55. The maximum Gasteiger partial charge on any atom is 0.371 e. The molecule has 1 aromatic rings. The van der Waals surface area contributed by atoms with Crippen LogP contribution >= 0.6 is 0 Å². The number of anilines is 1. The average molecular weight is 277 g/mol. The second-order valence-corrected chi connectivity index (χ2v) is 4.90. The SMILES string of the molecule is [C-]#[N+]/C(C#N)=N/Nc1ccc(C2=NCC(=C)C[C@H]2C)cc1. The summed E-state index contributed by atoms with van der Waals surface area (Å²) in [5.74, 6) is 0.151. The molecule has 5 heteroatoms. The first kappa shape index (κ1) is 14.5. The van der Waals surface area contributed by atoms with Crippen molar-refractivity contribution in [2.45, 2.75) is 13.3 Å². The van der Waals surface area contributed by atoms with E-state index in [1.165, 1.54) is 5.57 Å². The van der Waals surface area contributed by atoms with E-state index in [0.717, 1.165) is 23.4 Å². The van der Waals surface area contributed by atoms with E-state index >= 15 is 0 Å². The topological polar surface area (TPSA) is 64.9 Å². The normalized spacial score (nSPS) is 18.4. The fourth-order valence-electron chi connectivity index (χ4n) is 2.23. The Hall–Kier alpha value is -2.92. The molecule has 0 aliphatic carbocycles. The van der Waals surface area contributed by atoms with E-state index in [9.17, 15) is 0 Å². The van der Waals surface area contributed by atoms with Crippen molar-refractivity contribution in [3.63, 3.8) is 0 Å². The molecule has 0 radical (unpaired) electrons. The first-order chi connectivity index (χ1) is 10.1. The number of nitriles is 1. The maximum atomic E-state index is 8.61. The van der Waals surface area contributed by atoms with E-state index in [2.05, 4.69) is 33.9 Å². The van der Waals surface area contributed by atoms with Gasteiger partial charge in [0.15, 0.2) is 0 Å². The summed E-state index contributed by atoms with van der Waals surface area (Å²) >= 11 is 0. The summed E-state index contributed by atoms with van der Waals surface area (Å²) in [4.78, 5) is 7.56. The zero-order valence-electron chi connectivity index (χ0n) is 11.8. The zero-order valence-corrected chi connectivity index (χ0v) is 11.8. The van der Waals surface area contributed by atoms with Gasteiger partial charge < -0.3 is 4.85 Å². The second kappa shape index (κ2) is 6.49. The summed E-state index contributed by atoms with van der Waals surface area (Å²) in [5.41, 5.74) is 6.76. The second-order valence-electron chi connectivity index (χ2n) is 4.90. The van der Waals surface area contributed by atoms with E-state index in [0.29, 0.717) is 12.5 Å². The van der Waals surface area contributed by atoms with Crippen LogP contribution in [0.2, 0.25) is 0 Å². The van der Waals surface area contributed by atoms with Crippen molar-refractivity contribution < 1.29 is 0 Å². The van der Waals surface area contributed by atoms with Gasteiger partial charge in [0.05, 0.1) is 12.2 Å². The summed E-state index contributed by atoms with van der Waals surface area (Å²) in [6.07, 6.45) is 0.972. The van der Waals surface area contributed by atoms with Crippen LogP contribution in [0.5, 0.6) is 0 Å². The van der Waals surface area contributed by atoms with Crippen LogP contribution in [0.4, 0.5) is 5.69 Å². The molecule has 0 saturated heterocycles. The van der Waals surface area contributed by atoms with Crippen molar-refractivity contribution in [3.05, 3.63) is 53.4 Å². The number of nitrogens with zero attached hydrogens (tertiary/aromatic N) is 4.